The average Bonchev–Trinajstić information content (AvgIpc) is 3.10. The molecule has 0 spiro atoms. The van der Waals surface area contributed by atoms with Crippen LogP contribution >= 0.6 is 27.7 Å². The van der Waals surface area contributed by atoms with Gasteiger partial charge in [0.1, 0.15) is 5.69 Å². The Balaban J connectivity index is 1.83. The van der Waals surface area contributed by atoms with Crippen molar-refractivity contribution >= 4 is 33.6 Å². The summed E-state index contributed by atoms with van der Waals surface area (Å²) >= 11 is 5.45. The van der Waals surface area contributed by atoms with Crippen molar-refractivity contribution in [3.05, 3.63) is 22.4 Å². The normalized spacial score (nSPS) is 22.6. The largest absolute Gasteiger partial charge is 0.339 e. The molecule has 1 saturated carbocycles. The number of hydrogen-bond donors (Lipinski definition) is 0. The van der Waals surface area contributed by atoms with Crippen LogP contribution < -0.4 is 0 Å². The van der Waals surface area contributed by atoms with Gasteiger partial charge in [0.2, 0.25) is 0 Å². The number of thioether (sulfide) groups is 1. The van der Waals surface area contributed by atoms with E-state index < -0.39 is 0 Å². The first-order chi connectivity index (χ1) is 8.96. The molecule has 5 heteroatoms. The van der Waals surface area contributed by atoms with Gasteiger partial charge in [-0.15, -0.1) is 0 Å². The Bertz CT molecular complexity index is 508. The van der Waals surface area contributed by atoms with Crippen LogP contribution in [0.2, 0.25) is 0 Å². The summed E-state index contributed by atoms with van der Waals surface area (Å²) in [5.74, 6) is 1.22. The van der Waals surface area contributed by atoms with Gasteiger partial charge in [0.05, 0.1) is 0 Å². The fraction of sp³-hybridized carbons (Fsp3) is 0.643. The molecule has 2 heterocycles. The van der Waals surface area contributed by atoms with Crippen LogP contribution in [0.15, 0.2) is 16.7 Å². The molecule has 1 saturated heterocycles. The molecule has 0 atom stereocenters. The number of halogens is 1. The van der Waals surface area contributed by atoms with Crippen molar-refractivity contribution in [3.63, 3.8) is 0 Å². The Morgan fingerprint density at radius 1 is 1.47 bits per heavy atom. The molecule has 19 heavy (non-hydrogen) atoms. The Morgan fingerprint density at radius 2 is 2.21 bits per heavy atom. The maximum absolute atomic E-state index is 12.7. The minimum Gasteiger partial charge on any atom is -0.339 e. The van der Waals surface area contributed by atoms with Crippen LogP contribution in [-0.4, -0.2) is 39.0 Å². The molecule has 3 nitrogen and oxygen atoms in total. The van der Waals surface area contributed by atoms with Gasteiger partial charge < -0.3 is 9.47 Å². The molecule has 1 aliphatic carbocycles. The zero-order chi connectivity index (χ0) is 13.6. The molecule has 0 unspecified atom stereocenters. The zero-order valence-corrected chi connectivity index (χ0v) is 13.8. The van der Waals surface area contributed by atoms with Gasteiger partial charge in [-0.3, -0.25) is 4.79 Å². The molecular weight excluding hydrogens is 324 g/mol. The summed E-state index contributed by atoms with van der Waals surface area (Å²) in [6, 6.07) is 2.51. The van der Waals surface area contributed by atoms with E-state index in [1.807, 2.05) is 22.7 Å². The number of carbonyl (C=O) groups excluding carboxylic acids is 1. The number of hydrogen-bond acceptors (Lipinski definition) is 2. The molecular formula is C14H19BrN2OS. The maximum atomic E-state index is 12.7. The molecule has 1 amide bonds. The Hall–Kier alpha value is -0.420. The van der Waals surface area contributed by atoms with E-state index in [0.29, 0.717) is 6.04 Å². The number of amides is 1. The molecule has 1 aliphatic heterocycles. The van der Waals surface area contributed by atoms with Crippen LogP contribution in [0.5, 0.6) is 0 Å². The SMILES string of the molecule is CC1(C)CN(C(=O)c2cc(Br)cn2C2CC2)CCS1. The lowest BCUT2D eigenvalue weighted by Gasteiger charge is -2.37. The van der Waals surface area contributed by atoms with Gasteiger partial charge >= 0.3 is 0 Å². The van der Waals surface area contributed by atoms with E-state index in [4.69, 9.17) is 0 Å². The first kappa shape index (κ1) is 13.6. The molecule has 2 fully saturated rings. The molecule has 0 N–H and O–H groups in total. The highest BCUT2D eigenvalue weighted by Gasteiger charge is 2.33. The highest BCUT2D eigenvalue weighted by Crippen LogP contribution is 2.38. The van der Waals surface area contributed by atoms with Gasteiger partial charge in [0, 0.05) is 40.3 Å². The topological polar surface area (TPSA) is 25.2 Å². The Labute approximate surface area is 126 Å². The van der Waals surface area contributed by atoms with Crippen LogP contribution in [0.1, 0.15) is 43.2 Å². The highest BCUT2D eigenvalue weighted by atomic mass is 79.9. The van der Waals surface area contributed by atoms with E-state index in [-0.39, 0.29) is 10.7 Å². The first-order valence-corrected chi connectivity index (χ1v) is 8.55. The van der Waals surface area contributed by atoms with Crippen molar-refractivity contribution in [2.45, 2.75) is 37.5 Å². The second-order valence-corrected chi connectivity index (χ2v) is 8.73. The van der Waals surface area contributed by atoms with Gasteiger partial charge in [0.25, 0.3) is 5.91 Å². The van der Waals surface area contributed by atoms with Crippen LogP contribution in [0, 0.1) is 0 Å². The molecule has 104 valence electrons. The first-order valence-electron chi connectivity index (χ1n) is 6.77. The smallest absolute Gasteiger partial charge is 0.270 e. The van der Waals surface area contributed by atoms with E-state index in [0.717, 1.165) is 29.0 Å². The van der Waals surface area contributed by atoms with E-state index in [1.165, 1.54) is 12.8 Å². The highest BCUT2D eigenvalue weighted by molar-refractivity contribution is 9.10. The average molecular weight is 343 g/mol. The summed E-state index contributed by atoms with van der Waals surface area (Å²) in [5, 5.41) is 0. The summed E-state index contributed by atoms with van der Waals surface area (Å²) < 4.78 is 3.33. The predicted molar refractivity (Wildman–Crippen MR) is 82.8 cm³/mol. The quantitative estimate of drug-likeness (QED) is 0.821. The zero-order valence-electron chi connectivity index (χ0n) is 11.4. The van der Waals surface area contributed by atoms with Gasteiger partial charge in [-0.1, -0.05) is 0 Å². The van der Waals surface area contributed by atoms with Crippen LogP contribution in [-0.2, 0) is 0 Å². The van der Waals surface area contributed by atoms with Crippen LogP contribution in [0.4, 0.5) is 0 Å². The van der Waals surface area contributed by atoms with Gasteiger partial charge in [-0.05, 0) is 48.7 Å². The molecule has 1 aromatic rings. The standard InChI is InChI=1S/C14H19BrN2OS/c1-14(2)9-16(5-6-19-14)13(18)12-7-10(15)8-17(12)11-3-4-11/h7-8,11H,3-6,9H2,1-2H3. The van der Waals surface area contributed by atoms with E-state index in [1.54, 1.807) is 0 Å². The second kappa shape index (κ2) is 4.85. The van der Waals surface area contributed by atoms with Crippen LogP contribution in [0.3, 0.4) is 0 Å². The fourth-order valence-electron chi connectivity index (χ4n) is 2.62. The third-order valence-corrected chi connectivity index (χ3v) is 5.42. The number of nitrogens with zero attached hydrogens (tertiary/aromatic N) is 2. The molecule has 3 rings (SSSR count). The lowest BCUT2D eigenvalue weighted by molar-refractivity contribution is 0.0737. The third-order valence-electron chi connectivity index (χ3n) is 3.69. The molecule has 2 aliphatic rings. The Kier molecular flexibility index (Phi) is 3.46. The molecule has 1 aromatic heterocycles. The number of carbonyl (C=O) groups is 1. The summed E-state index contributed by atoms with van der Waals surface area (Å²) in [4.78, 5) is 14.7. The summed E-state index contributed by atoms with van der Waals surface area (Å²) in [6.07, 6.45) is 4.44. The summed E-state index contributed by atoms with van der Waals surface area (Å²) in [7, 11) is 0. The number of aromatic nitrogens is 1. The van der Waals surface area contributed by atoms with E-state index >= 15 is 0 Å². The minimum absolute atomic E-state index is 0.169. The van der Waals surface area contributed by atoms with Crippen molar-refractivity contribution in [1.29, 1.82) is 0 Å². The van der Waals surface area contributed by atoms with E-state index in [2.05, 4.69) is 40.5 Å². The van der Waals surface area contributed by atoms with Crippen molar-refractivity contribution in [2.24, 2.45) is 0 Å². The second-order valence-electron chi connectivity index (χ2n) is 6.02. The molecule has 0 radical (unpaired) electrons. The number of rotatable bonds is 2. The Morgan fingerprint density at radius 3 is 2.84 bits per heavy atom. The molecule has 0 aromatic carbocycles. The van der Waals surface area contributed by atoms with Crippen molar-refractivity contribution in [1.82, 2.24) is 9.47 Å². The summed E-state index contributed by atoms with van der Waals surface area (Å²) in [6.45, 7) is 6.13. The lowest BCUT2D eigenvalue weighted by Crippen LogP contribution is -2.46. The van der Waals surface area contributed by atoms with Gasteiger partial charge in [-0.25, -0.2) is 0 Å². The van der Waals surface area contributed by atoms with Crippen molar-refractivity contribution in [3.8, 4) is 0 Å². The third kappa shape index (κ3) is 2.87. The monoisotopic (exact) mass is 342 g/mol. The predicted octanol–water partition coefficient (Wildman–Crippen LogP) is 3.55. The van der Waals surface area contributed by atoms with Crippen molar-refractivity contribution in [2.75, 3.05) is 18.8 Å². The van der Waals surface area contributed by atoms with Crippen molar-refractivity contribution < 1.29 is 4.79 Å². The maximum Gasteiger partial charge on any atom is 0.270 e. The van der Waals surface area contributed by atoms with E-state index in [9.17, 15) is 4.79 Å². The molecule has 0 bridgehead atoms. The van der Waals surface area contributed by atoms with Gasteiger partial charge in [-0.2, -0.15) is 11.8 Å². The van der Waals surface area contributed by atoms with Gasteiger partial charge in [0.15, 0.2) is 0 Å². The lowest BCUT2D eigenvalue weighted by atomic mass is 10.1. The minimum atomic E-state index is 0.169. The fourth-order valence-corrected chi connectivity index (χ4v) is 4.17. The summed E-state index contributed by atoms with van der Waals surface area (Å²) in [5.41, 5.74) is 0.845. The van der Waals surface area contributed by atoms with Crippen LogP contribution in [0.25, 0.3) is 0 Å².